The highest BCUT2D eigenvalue weighted by atomic mass is 19.1. The van der Waals surface area contributed by atoms with Crippen molar-refractivity contribution in [1.82, 2.24) is 9.78 Å². The Morgan fingerprint density at radius 2 is 2.10 bits per heavy atom. The molecule has 0 saturated heterocycles. The number of nitrogens with two attached hydrogens (primary N) is 1. The van der Waals surface area contributed by atoms with Crippen LogP contribution in [0.15, 0.2) is 24.3 Å². The van der Waals surface area contributed by atoms with Gasteiger partial charge in [-0.25, -0.2) is 4.39 Å². The number of rotatable bonds is 5. The lowest BCUT2D eigenvalue weighted by molar-refractivity contribution is 0.0990. The number of hydrogen-bond acceptors (Lipinski definition) is 3. The van der Waals surface area contributed by atoms with E-state index in [4.69, 9.17) is 5.73 Å². The number of anilines is 1. The molecule has 0 atom stereocenters. The molecule has 0 amide bonds. The molecule has 0 saturated carbocycles. The van der Waals surface area contributed by atoms with Crippen LogP contribution in [0, 0.1) is 5.82 Å². The predicted octanol–water partition coefficient (Wildman–Crippen LogP) is 2.61. The Balaban J connectivity index is 2.22. The van der Waals surface area contributed by atoms with E-state index >= 15 is 0 Å². The summed E-state index contributed by atoms with van der Waals surface area (Å²) in [7, 11) is 0. The lowest BCUT2D eigenvalue weighted by Gasteiger charge is -2.05. The minimum Gasteiger partial charge on any atom is -0.396 e. The number of benzene rings is 1. The van der Waals surface area contributed by atoms with Crippen LogP contribution >= 0.6 is 0 Å². The van der Waals surface area contributed by atoms with Crippen LogP contribution < -0.4 is 5.73 Å². The van der Waals surface area contributed by atoms with Gasteiger partial charge < -0.3 is 5.73 Å². The molecule has 0 aliphatic heterocycles. The van der Waals surface area contributed by atoms with Crippen LogP contribution in [0.1, 0.15) is 35.6 Å². The first kappa shape index (κ1) is 14.2. The highest BCUT2D eigenvalue weighted by Gasteiger charge is 2.13. The molecule has 0 radical (unpaired) electrons. The fourth-order valence-electron chi connectivity index (χ4n) is 2.07. The van der Waals surface area contributed by atoms with Crippen molar-refractivity contribution in [3.63, 3.8) is 0 Å². The fourth-order valence-corrected chi connectivity index (χ4v) is 2.07. The Morgan fingerprint density at radius 3 is 2.70 bits per heavy atom. The summed E-state index contributed by atoms with van der Waals surface area (Å²) in [6.45, 7) is 4.70. The second-order valence-corrected chi connectivity index (χ2v) is 4.63. The molecule has 20 heavy (non-hydrogen) atoms. The Labute approximate surface area is 117 Å². The summed E-state index contributed by atoms with van der Waals surface area (Å²) >= 11 is 0. The summed E-state index contributed by atoms with van der Waals surface area (Å²) in [5, 5.41) is 4.40. The lowest BCUT2D eigenvalue weighted by Crippen LogP contribution is -2.10. The molecular weight excluding hydrogens is 257 g/mol. The maximum atomic E-state index is 13.4. The molecule has 106 valence electrons. The largest absolute Gasteiger partial charge is 0.396 e. The molecule has 4 nitrogen and oxygen atoms in total. The molecule has 1 aromatic heterocycles. The van der Waals surface area contributed by atoms with Gasteiger partial charge in [0.25, 0.3) is 0 Å². The molecule has 0 aliphatic rings. The second-order valence-electron chi connectivity index (χ2n) is 4.63. The van der Waals surface area contributed by atoms with Crippen LogP contribution in [0.4, 0.5) is 10.1 Å². The van der Waals surface area contributed by atoms with Gasteiger partial charge in [-0.3, -0.25) is 9.48 Å². The average molecular weight is 275 g/mol. The number of aryl methyl sites for hydroxylation is 2. The highest BCUT2D eigenvalue weighted by molar-refractivity contribution is 5.97. The Bertz CT molecular complexity index is 634. The smallest absolute Gasteiger partial charge is 0.168 e. The molecule has 0 unspecified atom stereocenters. The van der Waals surface area contributed by atoms with Gasteiger partial charge in [-0.15, -0.1) is 0 Å². The monoisotopic (exact) mass is 275 g/mol. The summed E-state index contributed by atoms with van der Waals surface area (Å²) in [6, 6.07) is 6.07. The van der Waals surface area contributed by atoms with E-state index in [0.717, 1.165) is 17.8 Å². The minimum absolute atomic E-state index is 0.0495. The van der Waals surface area contributed by atoms with Crippen LogP contribution in [0.25, 0.3) is 0 Å². The molecule has 1 heterocycles. The van der Waals surface area contributed by atoms with Crippen LogP contribution in [0.5, 0.6) is 0 Å². The molecule has 2 aromatic rings. The zero-order chi connectivity index (χ0) is 14.7. The number of aromatic nitrogens is 2. The van der Waals surface area contributed by atoms with Crippen molar-refractivity contribution in [3.8, 4) is 0 Å². The molecule has 5 heteroatoms. The summed E-state index contributed by atoms with van der Waals surface area (Å²) < 4.78 is 15.2. The molecular formula is C15H18FN3O. The van der Waals surface area contributed by atoms with Crippen molar-refractivity contribution in [1.29, 1.82) is 0 Å². The SMILES string of the molecule is CCc1cc(CC(=O)c2ccc(N)c(F)c2)n(CC)n1. The van der Waals surface area contributed by atoms with E-state index in [9.17, 15) is 9.18 Å². The van der Waals surface area contributed by atoms with E-state index < -0.39 is 5.82 Å². The Morgan fingerprint density at radius 1 is 1.35 bits per heavy atom. The van der Waals surface area contributed by atoms with Gasteiger partial charge in [-0.05, 0) is 37.6 Å². The number of Topliss-reactive ketones (excluding diaryl/α,β-unsaturated/α-hetero) is 1. The quantitative estimate of drug-likeness (QED) is 0.674. The van der Waals surface area contributed by atoms with Crippen LogP contribution in [-0.2, 0) is 19.4 Å². The van der Waals surface area contributed by atoms with Crippen LogP contribution in [0.2, 0.25) is 0 Å². The number of nitrogens with zero attached hydrogens (tertiary/aromatic N) is 2. The third-order valence-electron chi connectivity index (χ3n) is 3.24. The van der Waals surface area contributed by atoms with Crippen LogP contribution in [-0.4, -0.2) is 15.6 Å². The maximum absolute atomic E-state index is 13.4. The van der Waals surface area contributed by atoms with E-state index in [1.54, 1.807) is 6.07 Å². The molecule has 2 rings (SSSR count). The van der Waals surface area contributed by atoms with Crippen molar-refractivity contribution in [2.75, 3.05) is 5.73 Å². The van der Waals surface area contributed by atoms with Gasteiger partial charge in [0.2, 0.25) is 0 Å². The second kappa shape index (κ2) is 5.86. The van der Waals surface area contributed by atoms with E-state index in [0.29, 0.717) is 12.1 Å². The van der Waals surface area contributed by atoms with Gasteiger partial charge in [0.1, 0.15) is 5.82 Å². The van der Waals surface area contributed by atoms with Crippen molar-refractivity contribution in [2.24, 2.45) is 0 Å². The van der Waals surface area contributed by atoms with Crippen molar-refractivity contribution >= 4 is 11.5 Å². The van der Waals surface area contributed by atoms with Gasteiger partial charge in [-0.1, -0.05) is 6.92 Å². The molecule has 0 bridgehead atoms. The minimum atomic E-state index is -0.561. The average Bonchev–Trinajstić information content (AvgIpc) is 2.84. The Kier molecular flexibility index (Phi) is 4.17. The van der Waals surface area contributed by atoms with E-state index in [-0.39, 0.29) is 17.9 Å². The normalized spacial score (nSPS) is 10.8. The molecule has 0 fully saturated rings. The zero-order valence-electron chi connectivity index (χ0n) is 11.7. The van der Waals surface area contributed by atoms with E-state index in [1.807, 2.05) is 24.6 Å². The molecule has 1 aromatic carbocycles. The highest BCUT2D eigenvalue weighted by Crippen LogP contribution is 2.15. The van der Waals surface area contributed by atoms with Gasteiger partial charge in [0, 0.05) is 17.8 Å². The number of carbonyl (C=O) groups is 1. The number of halogens is 1. The predicted molar refractivity (Wildman–Crippen MR) is 76.1 cm³/mol. The van der Waals surface area contributed by atoms with E-state index in [2.05, 4.69) is 5.10 Å². The number of nitrogen functional groups attached to an aromatic ring is 1. The summed E-state index contributed by atoms with van der Waals surface area (Å²) in [6.07, 6.45) is 1.04. The maximum Gasteiger partial charge on any atom is 0.168 e. The molecule has 0 aliphatic carbocycles. The summed E-state index contributed by atoms with van der Waals surface area (Å²) in [4.78, 5) is 12.2. The molecule has 2 N–H and O–H groups in total. The first-order valence-corrected chi connectivity index (χ1v) is 6.69. The third kappa shape index (κ3) is 2.87. The first-order chi connectivity index (χ1) is 9.55. The van der Waals surface area contributed by atoms with Gasteiger partial charge in [0.05, 0.1) is 17.8 Å². The molecule has 0 spiro atoms. The van der Waals surface area contributed by atoms with Crippen molar-refractivity contribution in [3.05, 3.63) is 47.0 Å². The van der Waals surface area contributed by atoms with Gasteiger partial charge in [0.15, 0.2) is 5.78 Å². The van der Waals surface area contributed by atoms with E-state index in [1.165, 1.54) is 12.1 Å². The third-order valence-corrected chi connectivity index (χ3v) is 3.24. The first-order valence-electron chi connectivity index (χ1n) is 6.69. The summed E-state index contributed by atoms with van der Waals surface area (Å²) in [5.74, 6) is -0.699. The van der Waals surface area contributed by atoms with Crippen molar-refractivity contribution < 1.29 is 9.18 Å². The van der Waals surface area contributed by atoms with Gasteiger partial charge >= 0.3 is 0 Å². The van der Waals surface area contributed by atoms with Gasteiger partial charge in [-0.2, -0.15) is 5.10 Å². The summed E-state index contributed by atoms with van der Waals surface area (Å²) in [5.41, 5.74) is 7.60. The standard InChI is InChI=1S/C15H18FN3O/c1-3-11-8-12(19(4-2)18-11)9-15(20)10-5-6-14(17)13(16)7-10/h5-8H,3-4,9,17H2,1-2H3. The topological polar surface area (TPSA) is 60.9 Å². The van der Waals surface area contributed by atoms with Crippen molar-refractivity contribution in [2.45, 2.75) is 33.2 Å². The number of carbonyl (C=O) groups excluding carboxylic acids is 1. The van der Waals surface area contributed by atoms with Crippen LogP contribution in [0.3, 0.4) is 0 Å². The number of hydrogen-bond donors (Lipinski definition) is 1. The lowest BCUT2D eigenvalue weighted by atomic mass is 10.1. The zero-order valence-corrected chi connectivity index (χ0v) is 11.7. The Hall–Kier alpha value is -2.17. The fraction of sp³-hybridized carbons (Fsp3) is 0.333. The number of ketones is 1.